The van der Waals surface area contributed by atoms with Gasteiger partial charge in [0, 0.05) is 17.8 Å². The summed E-state index contributed by atoms with van der Waals surface area (Å²) < 4.78 is 63.4. The monoisotopic (exact) mass is 450 g/mol. The summed E-state index contributed by atoms with van der Waals surface area (Å²) in [5, 5.41) is 10.7. The normalized spacial score (nSPS) is 16.5. The van der Waals surface area contributed by atoms with E-state index < -0.39 is 34.7 Å². The van der Waals surface area contributed by atoms with Crippen LogP contribution >= 0.6 is 0 Å². The summed E-state index contributed by atoms with van der Waals surface area (Å²) in [5.74, 6) is -0.411. The summed E-state index contributed by atoms with van der Waals surface area (Å²) in [7, 11) is -1.83. The number of urea groups is 1. The average molecular weight is 450 g/mol. The molecule has 0 radical (unpaired) electrons. The Morgan fingerprint density at radius 3 is 2.47 bits per heavy atom. The Balaban J connectivity index is 0.000000248. The van der Waals surface area contributed by atoms with Crippen molar-refractivity contribution in [2.24, 2.45) is 16.8 Å². The highest BCUT2D eigenvalue weighted by Gasteiger charge is 2.38. The minimum absolute atomic E-state index is 0.0841. The second-order valence-electron chi connectivity index (χ2n) is 6.82. The number of rotatable bonds is 3. The van der Waals surface area contributed by atoms with Gasteiger partial charge >= 0.3 is 12.2 Å². The Morgan fingerprint density at radius 1 is 1.40 bits per heavy atom. The van der Waals surface area contributed by atoms with Crippen LogP contribution in [0, 0.1) is 18.7 Å². The van der Waals surface area contributed by atoms with Crippen molar-refractivity contribution in [2.45, 2.75) is 51.4 Å². The summed E-state index contributed by atoms with van der Waals surface area (Å²) in [6.45, 7) is 5.56. The molecule has 0 aliphatic heterocycles. The Bertz CT molecular complexity index is 976. The predicted molar refractivity (Wildman–Crippen MR) is 102 cm³/mol. The van der Waals surface area contributed by atoms with Gasteiger partial charge in [-0.25, -0.2) is 23.5 Å². The first-order valence-corrected chi connectivity index (χ1v) is 10.1. The maximum atomic E-state index is 12.9. The lowest BCUT2D eigenvalue weighted by Gasteiger charge is -2.17. The molecule has 166 valence electrons. The highest BCUT2D eigenvalue weighted by atomic mass is 32.2. The van der Waals surface area contributed by atoms with Crippen molar-refractivity contribution < 1.29 is 26.6 Å². The summed E-state index contributed by atoms with van der Waals surface area (Å²) >= 11 is 0. The van der Waals surface area contributed by atoms with Crippen LogP contribution in [0.5, 0.6) is 0 Å². The summed E-state index contributed by atoms with van der Waals surface area (Å²) in [5.41, 5.74) is 5.21. The van der Waals surface area contributed by atoms with Crippen molar-refractivity contribution in [3.05, 3.63) is 34.5 Å². The molecule has 0 aromatic carbocycles. The topological polar surface area (TPSA) is 129 Å². The number of carbonyl (C=O) groups is 1. The van der Waals surface area contributed by atoms with Crippen LogP contribution in [0.25, 0.3) is 0 Å². The zero-order valence-corrected chi connectivity index (χ0v) is 17.3. The predicted octanol–water partition coefficient (Wildman–Crippen LogP) is 2.66. The fraction of sp³-hybridized carbons (Fsp3) is 0.471. The number of aryl methyl sites for hydroxylation is 1. The van der Waals surface area contributed by atoms with Gasteiger partial charge in [0.2, 0.25) is 0 Å². The van der Waals surface area contributed by atoms with Crippen molar-refractivity contribution in [3.8, 4) is 0 Å². The Morgan fingerprint density at radius 2 is 2.03 bits per heavy atom. The molecule has 2 atom stereocenters. The number of amides is 2. The maximum absolute atomic E-state index is 12.9. The maximum Gasteiger partial charge on any atom is 0.433 e. The molecule has 2 aromatic rings. The van der Waals surface area contributed by atoms with E-state index in [9.17, 15) is 26.6 Å². The largest absolute Gasteiger partial charge is 0.433 e. The minimum atomic E-state index is -4.54. The van der Waals surface area contributed by atoms with Gasteiger partial charge in [0.25, 0.3) is 0 Å². The Hall–Kier alpha value is -2.54. The van der Waals surface area contributed by atoms with Gasteiger partial charge in [0.05, 0.1) is 11.9 Å². The Labute approximate surface area is 172 Å². The number of hydrogen-bond acceptors (Lipinski definition) is 4. The molecular weight excluding hydrogens is 428 g/mol. The molecule has 2 unspecified atom stereocenters. The van der Waals surface area contributed by atoms with Gasteiger partial charge in [-0.05, 0) is 38.2 Å². The van der Waals surface area contributed by atoms with Gasteiger partial charge in [-0.2, -0.15) is 18.3 Å². The first-order chi connectivity index (χ1) is 13.8. The van der Waals surface area contributed by atoms with Gasteiger partial charge in [-0.15, -0.1) is 0 Å². The van der Waals surface area contributed by atoms with Crippen LogP contribution in [0.15, 0.2) is 11.2 Å². The molecule has 0 bridgehead atoms. The first-order valence-electron chi connectivity index (χ1n) is 8.90. The lowest BCUT2D eigenvalue weighted by molar-refractivity contribution is -0.141. The molecule has 0 saturated carbocycles. The zero-order valence-electron chi connectivity index (χ0n) is 16.5. The van der Waals surface area contributed by atoms with Crippen LogP contribution in [0.2, 0.25) is 0 Å². The van der Waals surface area contributed by atoms with E-state index >= 15 is 0 Å². The van der Waals surface area contributed by atoms with Crippen LogP contribution in [-0.2, 0) is 36.5 Å². The molecular formula is C17H22F4N6O2S. The molecule has 2 heterocycles. The molecule has 8 nitrogen and oxygen atoms in total. The quantitative estimate of drug-likeness (QED) is 0.621. The van der Waals surface area contributed by atoms with E-state index in [1.165, 1.54) is 17.8 Å². The second kappa shape index (κ2) is 9.08. The van der Waals surface area contributed by atoms with E-state index in [1.54, 1.807) is 6.92 Å². The van der Waals surface area contributed by atoms with Crippen LogP contribution in [-0.4, -0.2) is 25.0 Å². The molecule has 2 aromatic heterocycles. The fourth-order valence-electron chi connectivity index (χ4n) is 3.16. The molecule has 1 aliphatic carbocycles. The molecule has 0 fully saturated rings. The zero-order chi connectivity index (χ0) is 22.8. The van der Waals surface area contributed by atoms with Crippen molar-refractivity contribution in [1.82, 2.24) is 14.8 Å². The third-order valence-electron chi connectivity index (χ3n) is 4.44. The number of primary amides is 1. The van der Waals surface area contributed by atoms with E-state index in [-0.39, 0.29) is 22.2 Å². The first kappa shape index (κ1) is 23.7. The number of alkyl halides is 3. The third-order valence-corrected chi connectivity index (χ3v) is 5.10. The van der Waals surface area contributed by atoms with Gasteiger partial charge in [-0.3, -0.25) is 4.68 Å². The molecule has 13 heteroatoms. The number of nitrogens with one attached hydrogen (secondary N) is 1. The van der Waals surface area contributed by atoms with Crippen LogP contribution in [0.1, 0.15) is 36.4 Å². The number of nitrogens with two attached hydrogens (primary N) is 2. The van der Waals surface area contributed by atoms with E-state index in [2.05, 4.69) is 15.4 Å². The van der Waals surface area contributed by atoms with Crippen molar-refractivity contribution in [1.29, 1.82) is 0 Å². The summed E-state index contributed by atoms with van der Waals surface area (Å²) in [6, 6.07) is -0.871. The lowest BCUT2D eigenvalue weighted by atomic mass is 10.0. The highest BCUT2D eigenvalue weighted by Crippen LogP contribution is 2.39. The SMILES string of the molecule is CCn1cc(F)c(S(N)=O)n1.Cc1c(C(F)(F)F)nc2c(c1NC(N)=O)CC(C)C2. The Kier molecular flexibility index (Phi) is 7.18. The standard InChI is InChI=1S/C12H14F3N3O.C5H8FN3OS/c1-5-3-7-8(4-5)17-10(12(13,14)15)6(2)9(7)18-11(16)19;1-2-9-3-4(6)5(8-9)11(7)10/h5H,3-4H2,1-2H3,(H3,16,17,18,19);3H,2,7H2,1H3. The molecule has 3 rings (SSSR count). The molecule has 1 aliphatic rings. The molecule has 30 heavy (non-hydrogen) atoms. The smallest absolute Gasteiger partial charge is 0.351 e. The number of carbonyl (C=O) groups excluding carboxylic acids is 1. The van der Waals surface area contributed by atoms with Crippen LogP contribution in [0.4, 0.5) is 28.0 Å². The number of halogens is 4. The van der Waals surface area contributed by atoms with Gasteiger partial charge < -0.3 is 11.1 Å². The molecule has 0 saturated heterocycles. The van der Waals surface area contributed by atoms with E-state index in [0.29, 0.717) is 30.6 Å². The third kappa shape index (κ3) is 5.33. The van der Waals surface area contributed by atoms with Gasteiger partial charge in [0.15, 0.2) is 10.8 Å². The molecule has 5 N–H and O–H groups in total. The van der Waals surface area contributed by atoms with Crippen LogP contribution < -0.4 is 16.2 Å². The van der Waals surface area contributed by atoms with Gasteiger partial charge in [0.1, 0.15) is 16.7 Å². The fourth-order valence-corrected chi connectivity index (χ4v) is 3.59. The molecule has 0 spiro atoms. The number of aromatic nitrogens is 3. The lowest BCUT2D eigenvalue weighted by Crippen LogP contribution is -2.23. The van der Waals surface area contributed by atoms with Crippen molar-refractivity contribution in [2.75, 3.05) is 5.32 Å². The average Bonchev–Trinajstić information content (AvgIpc) is 3.18. The number of nitrogens with zero attached hydrogens (tertiary/aromatic N) is 3. The minimum Gasteiger partial charge on any atom is -0.351 e. The van der Waals surface area contributed by atoms with E-state index in [1.807, 2.05) is 6.92 Å². The molecule has 2 amide bonds. The summed E-state index contributed by atoms with van der Waals surface area (Å²) in [6.07, 6.45) is -2.30. The number of fused-ring (bicyclic) bond motifs is 1. The number of anilines is 1. The van der Waals surface area contributed by atoms with E-state index in [0.717, 1.165) is 0 Å². The van der Waals surface area contributed by atoms with Crippen LogP contribution in [0.3, 0.4) is 0 Å². The second-order valence-corrected chi connectivity index (χ2v) is 7.80. The highest BCUT2D eigenvalue weighted by molar-refractivity contribution is 7.82. The van der Waals surface area contributed by atoms with Gasteiger partial charge in [-0.1, -0.05) is 6.92 Å². The van der Waals surface area contributed by atoms with Crippen molar-refractivity contribution in [3.63, 3.8) is 0 Å². The number of pyridine rings is 1. The van der Waals surface area contributed by atoms with E-state index in [4.69, 9.17) is 10.9 Å². The summed E-state index contributed by atoms with van der Waals surface area (Å²) in [4.78, 5) is 14.7. The van der Waals surface area contributed by atoms with Crippen molar-refractivity contribution >= 4 is 22.7 Å². The number of hydrogen-bond donors (Lipinski definition) is 3.